The average molecular weight is 298 g/mol. The molecule has 0 rings (SSSR count). The molecule has 0 aliphatic rings. The Hall–Kier alpha value is -0.990. The van der Waals surface area contributed by atoms with Gasteiger partial charge >= 0.3 is 5.97 Å². The van der Waals surface area contributed by atoms with Gasteiger partial charge in [0.1, 0.15) is 0 Å². The minimum Gasteiger partial charge on any atom is -0.513 e. The zero-order chi connectivity index (χ0) is 15.8. The van der Waals surface area contributed by atoms with Crippen molar-refractivity contribution in [2.75, 3.05) is 0 Å². The number of rotatable bonds is 15. The summed E-state index contributed by atoms with van der Waals surface area (Å²) in [4.78, 5) is 10.3. The second-order valence-corrected chi connectivity index (χ2v) is 5.91. The van der Waals surface area contributed by atoms with Crippen molar-refractivity contribution in [1.82, 2.24) is 0 Å². The van der Waals surface area contributed by atoms with Crippen LogP contribution in [-0.4, -0.2) is 16.2 Å². The lowest BCUT2D eigenvalue weighted by Crippen LogP contribution is -1.95. The molecule has 0 aliphatic heterocycles. The predicted molar refractivity (Wildman–Crippen MR) is 88.7 cm³/mol. The molecule has 0 saturated carbocycles. The fraction of sp³-hybridized carbons (Fsp3) is 0.833. The van der Waals surface area contributed by atoms with E-state index in [4.69, 9.17) is 5.11 Å². The van der Waals surface area contributed by atoms with Crippen LogP contribution in [0.2, 0.25) is 0 Å². The van der Waals surface area contributed by atoms with Gasteiger partial charge in [-0.05, 0) is 18.9 Å². The van der Waals surface area contributed by atoms with Crippen molar-refractivity contribution < 1.29 is 15.0 Å². The van der Waals surface area contributed by atoms with Gasteiger partial charge in [-0.1, -0.05) is 71.1 Å². The van der Waals surface area contributed by atoms with Crippen LogP contribution < -0.4 is 0 Å². The molecule has 0 atom stereocenters. The maximum absolute atomic E-state index is 10.3. The maximum atomic E-state index is 10.3. The second kappa shape index (κ2) is 15.4. The second-order valence-electron chi connectivity index (χ2n) is 5.91. The minimum atomic E-state index is -0.857. The molecule has 0 unspecified atom stereocenters. The largest absolute Gasteiger partial charge is 0.513 e. The lowest BCUT2D eigenvalue weighted by Gasteiger charge is -2.02. The van der Waals surface area contributed by atoms with Crippen molar-refractivity contribution in [3.05, 3.63) is 11.8 Å². The Labute approximate surface area is 130 Å². The summed E-state index contributed by atoms with van der Waals surface area (Å²) >= 11 is 0. The highest BCUT2D eigenvalue weighted by molar-refractivity contribution is 5.66. The molecular weight excluding hydrogens is 264 g/mol. The summed E-state index contributed by atoms with van der Waals surface area (Å²) in [6.45, 7) is 2.25. The minimum absolute atomic E-state index is 0.0145. The van der Waals surface area contributed by atoms with Crippen LogP contribution in [0.4, 0.5) is 0 Å². The number of aliphatic hydroxyl groups is 1. The van der Waals surface area contributed by atoms with Gasteiger partial charge in [-0.25, -0.2) is 0 Å². The van der Waals surface area contributed by atoms with Crippen molar-refractivity contribution in [2.24, 2.45) is 0 Å². The Kier molecular flexibility index (Phi) is 14.7. The van der Waals surface area contributed by atoms with E-state index >= 15 is 0 Å². The van der Waals surface area contributed by atoms with E-state index in [9.17, 15) is 9.90 Å². The van der Waals surface area contributed by atoms with Crippen LogP contribution >= 0.6 is 0 Å². The van der Waals surface area contributed by atoms with Crippen LogP contribution in [0.15, 0.2) is 11.8 Å². The quantitative estimate of drug-likeness (QED) is 0.288. The average Bonchev–Trinajstić information content (AvgIpc) is 2.46. The Morgan fingerprint density at radius 3 is 1.71 bits per heavy atom. The third kappa shape index (κ3) is 17.0. The van der Waals surface area contributed by atoms with E-state index in [1.807, 2.05) is 0 Å². The Bertz CT molecular complexity index is 272. The van der Waals surface area contributed by atoms with Crippen LogP contribution in [-0.2, 0) is 4.79 Å². The van der Waals surface area contributed by atoms with E-state index in [2.05, 4.69) is 6.92 Å². The van der Waals surface area contributed by atoms with Gasteiger partial charge in [-0.15, -0.1) is 0 Å². The monoisotopic (exact) mass is 298 g/mol. The van der Waals surface area contributed by atoms with Crippen molar-refractivity contribution in [1.29, 1.82) is 0 Å². The van der Waals surface area contributed by atoms with Crippen molar-refractivity contribution in [3.8, 4) is 0 Å². The van der Waals surface area contributed by atoms with E-state index in [1.165, 1.54) is 64.2 Å². The number of aliphatic hydroxyl groups excluding tert-OH is 1. The first-order chi connectivity index (χ1) is 10.2. The molecular formula is C18H34O3. The number of hydrogen-bond acceptors (Lipinski definition) is 2. The van der Waals surface area contributed by atoms with Gasteiger partial charge in [0, 0.05) is 6.42 Å². The highest BCUT2D eigenvalue weighted by atomic mass is 16.4. The topological polar surface area (TPSA) is 57.5 Å². The zero-order valence-corrected chi connectivity index (χ0v) is 13.8. The number of carbonyl (C=O) groups is 1. The van der Waals surface area contributed by atoms with Gasteiger partial charge in [0.2, 0.25) is 0 Å². The first-order valence-electron chi connectivity index (χ1n) is 8.76. The number of unbranched alkanes of at least 4 members (excludes halogenated alkanes) is 11. The normalized spacial score (nSPS) is 11.8. The Morgan fingerprint density at radius 1 is 0.762 bits per heavy atom. The van der Waals surface area contributed by atoms with Crippen molar-refractivity contribution >= 4 is 5.97 Å². The van der Waals surface area contributed by atoms with Gasteiger partial charge in [0.15, 0.2) is 0 Å². The molecule has 2 N–H and O–H groups in total. The molecule has 0 amide bonds. The molecule has 0 aliphatic carbocycles. The fourth-order valence-corrected chi connectivity index (χ4v) is 2.41. The smallest absolute Gasteiger partial charge is 0.303 e. The van der Waals surface area contributed by atoms with Crippen LogP contribution in [0.3, 0.4) is 0 Å². The fourth-order valence-electron chi connectivity index (χ4n) is 2.41. The summed E-state index contributed by atoms with van der Waals surface area (Å²) in [7, 11) is 0. The third-order valence-corrected chi connectivity index (χ3v) is 3.78. The molecule has 0 aromatic heterocycles. The van der Waals surface area contributed by atoms with Crippen molar-refractivity contribution in [3.63, 3.8) is 0 Å². The number of hydrogen-bond donors (Lipinski definition) is 2. The standard InChI is InChI=1S/C18H34O3/c1-2-3-4-5-6-7-8-9-10-11-12-13-14-17(19)15-16-18(20)21/h14,19H,2-13,15-16H2,1H3,(H,20,21). The van der Waals surface area contributed by atoms with Gasteiger partial charge in [-0.2, -0.15) is 0 Å². The summed E-state index contributed by atoms with van der Waals surface area (Å²) in [5, 5.41) is 18.0. The van der Waals surface area contributed by atoms with E-state index in [0.717, 1.165) is 12.8 Å². The lowest BCUT2D eigenvalue weighted by molar-refractivity contribution is -0.137. The Balaban J connectivity index is 3.21. The molecule has 0 aromatic carbocycles. The summed E-state index contributed by atoms with van der Waals surface area (Å²) in [5.74, 6) is -0.630. The molecule has 0 radical (unpaired) electrons. The number of carboxylic acid groups (broad SMARTS) is 1. The number of carboxylic acids is 1. The SMILES string of the molecule is CCCCCCCCCCCCCC=C(O)CCC(=O)O. The summed E-state index contributed by atoms with van der Waals surface area (Å²) in [5.41, 5.74) is 0. The third-order valence-electron chi connectivity index (χ3n) is 3.78. The van der Waals surface area contributed by atoms with E-state index < -0.39 is 5.97 Å². The van der Waals surface area contributed by atoms with Crippen LogP contribution in [0, 0.1) is 0 Å². The zero-order valence-electron chi connectivity index (χ0n) is 13.8. The molecule has 0 aromatic rings. The molecule has 0 heterocycles. The first kappa shape index (κ1) is 20.0. The highest BCUT2D eigenvalue weighted by Gasteiger charge is 1.99. The molecule has 3 heteroatoms. The molecule has 0 spiro atoms. The lowest BCUT2D eigenvalue weighted by atomic mass is 10.1. The number of aliphatic carboxylic acids is 1. The van der Waals surface area contributed by atoms with E-state index in [0.29, 0.717) is 0 Å². The van der Waals surface area contributed by atoms with Gasteiger partial charge < -0.3 is 10.2 Å². The van der Waals surface area contributed by atoms with E-state index in [1.54, 1.807) is 6.08 Å². The highest BCUT2D eigenvalue weighted by Crippen LogP contribution is 2.12. The van der Waals surface area contributed by atoms with Crippen LogP contribution in [0.25, 0.3) is 0 Å². The molecule has 0 saturated heterocycles. The maximum Gasteiger partial charge on any atom is 0.303 e. The van der Waals surface area contributed by atoms with Crippen molar-refractivity contribution in [2.45, 2.75) is 96.8 Å². The van der Waals surface area contributed by atoms with Gasteiger partial charge in [0.25, 0.3) is 0 Å². The molecule has 0 bridgehead atoms. The Morgan fingerprint density at radius 2 is 1.24 bits per heavy atom. The van der Waals surface area contributed by atoms with Gasteiger partial charge in [-0.3, -0.25) is 4.79 Å². The first-order valence-corrected chi connectivity index (χ1v) is 8.76. The molecule has 124 valence electrons. The van der Waals surface area contributed by atoms with Gasteiger partial charge in [0.05, 0.1) is 12.2 Å². The molecule has 0 fully saturated rings. The predicted octanol–water partition coefficient (Wildman–Crippen LogP) is 5.99. The molecule has 3 nitrogen and oxygen atoms in total. The van der Waals surface area contributed by atoms with E-state index in [-0.39, 0.29) is 18.6 Å². The number of allylic oxidation sites excluding steroid dienone is 2. The van der Waals surface area contributed by atoms with Crippen LogP contribution in [0.5, 0.6) is 0 Å². The summed E-state index contributed by atoms with van der Waals surface area (Å²) in [6.07, 6.45) is 17.4. The molecule has 21 heavy (non-hydrogen) atoms. The summed E-state index contributed by atoms with van der Waals surface area (Å²) < 4.78 is 0. The van der Waals surface area contributed by atoms with Crippen LogP contribution in [0.1, 0.15) is 96.8 Å². The summed E-state index contributed by atoms with van der Waals surface area (Å²) in [6, 6.07) is 0.